The molecule has 2 nitrogen and oxygen atoms in total. The first kappa shape index (κ1) is 11.0. The Morgan fingerprint density at radius 3 is 2.67 bits per heavy atom. The average Bonchev–Trinajstić information content (AvgIpc) is 2.99. The van der Waals surface area contributed by atoms with Crippen LogP contribution in [0.3, 0.4) is 0 Å². The van der Waals surface area contributed by atoms with E-state index in [4.69, 9.17) is 4.74 Å². The van der Waals surface area contributed by atoms with E-state index in [0.717, 1.165) is 16.6 Å². The molecule has 1 aromatic rings. The minimum atomic E-state index is 0.369. The molecule has 0 radical (unpaired) electrons. The van der Waals surface area contributed by atoms with Crippen molar-refractivity contribution in [1.82, 2.24) is 5.32 Å². The Morgan fingerprint density at radius 1 is 1.47 bits per heavy atom. The molecule has 0 spiro atoms. The highest BCUT2D eigenvalue weighted by atomic mass is 79.9. The van der Waals surface area contributed by atoms with Gasteiger partial charge >= 0.3 is 0 Å². The zero-order valence-electron chi connectivity index (χ0n) is 9.14. The van der Waals surface area contributed by atoms with Crippen molar-refractivity contribution in [3.05, 3.63) is 28.2 Å². The van der Waals surface area contributed by atoms with E-state index in [1.165, 1.54) is 18.4 Å². The van der Waals surface area contributed by atoms with Crippen molar-refractivity contribution < 1.29 is 4.74 Å². The molecule has 1 aliphatic carbocycles. The standard InChI is InChI=1S/C12H16BrNO/c1-14-12(5-6-12)8-9-3-4-11(15-2)10(13)7-9/h3-4,7,14H,5-6,8H2,1-2H3. The maximum absolute atomic E-state index is 5.21. The zero-order valence-corrected chi connectivity index (χ0v) is 10.7. The molecule has 1 saturated carbocycles. The molecule has 0 heterocycles. The largest absolute Gasteiger partial charge is 0.496 e. The molecule has 0 unspecified atom stereocenters. The Labute approximate surface area is 99.1 Å². The van der Waals surface area contributed by atoms with E-state index < -0.39 is 0 Å². The monoisotopic (exact) mass is 269 g/mol. The molecule has 1 N–H and O–H groups in total. The molecular weight excluding hydrogens is 254 g/mol. The fourth-order valence-corrected chi connectivity index (χ4v) is 2.46. The molecule has 1 aliphatic rings. The van der Waals surface area contributed by atoms with Gasteiger partial charge in [-0.05, 0) is 59.9 Å². The number of halogens is 1. The van der Waals surface area contributed by atoms with Crippen LogP contribution in [0, 0.1) is 0 Å². The predicted molar refractivity (Wildman–Crippen MR) is 65.4 cm³/mol. The van der Waals surface area contributed by atoms with Gasteiger partial charge in [-0.3, -0.25) is 0 Å². The number of hydrogen-bond donors (Lipinski definition) is 1. The second-order valence-electron chi connectivity index (χ2n) is 4.18. The van der Waals surface area contributed by atoms with Crippen LogP contribution in [0.1, 0.15) is 18.4 Å². The van der Waals surface area contributed by atoms with Crippen molar-refractivity contribution >= 4 is 15.9 Å². The minimum Gasteiger partial charge on any atom is -0.496 e. The Morgan fingerprint density at radius 2 is 2.20 bits per heavy atom. The molecule has 1 aromatic carbocycles. The normalized spacial score (nSPS) is 17.5. The van der Waals surface area contributed by atoms with E-state index >= 15 is 0 Å². The van der Waals surface area contributed by atoms with Gasteiger partial charge in [0.1, 0.15) is 5.75 Å². The summed E-state index contributed by atoms with van der Waals surface area (Å²) in [4.78, 5) is 0. The van der Waals surface area contributed by atoms with Gasteiger partial charge in [-0.1, -0.05) is 6.07 Å². The molecule has 0 saturated heterocycles. The van der Waals surface area contributed by atoms with Crippen LogP contribution in [-0.4, -0.2) is 19.7 Å². The van der Waals surface area contributed by atoms with E-state index in [-0.39, 0.29) is 0 Å². The number of rotatable bonds is 4. The van der Waals surface area contributed by atoms with Crippen LogP contribution in [0.5, 0.6) is 5.75 Å². The number of ether oxygens (including phenoxy) is 1. The van der Waals surface area contributed by atoms with Gasteiger partial charge in [0.15, 0.2) is 0 Å². The first-order valence-electron chi connectivity index (χ1n) is 5.20. The van der Waals surface area contributed by atoms with Crippen molar-refractivity contribution in [3.8, 4) is 5.75 Å². The van der Waals surface area contributed by atoms with Crippen molar-refractivity contribution in [2.24, 2.45) is 0 Å². The van der Waals surface area contributed by atoms with Crippen LogP contribution in [0.2, 0.25) is 0 Å². The molecule has 2 rings (SSSR count). The number of benzene rings is 1. The van der Waals surface area contributed by atoms with E-state index in [0.29, 0.717) is 5.54 Å². The molecule has 3 heteroatoms. The Hall–Kier alpha value is -0.540. The maximum Gasteiger partial charge on any atom is 0.133 e. The summed E-state index contributed by atoms with van der Waals surface area (Å²) in [5.74, 6) is 0.896. The van der Waals surface area contributed by atoms with E-state index in [1.54, 1.807) is 7.11 Å². The van der Waals surface area contributed by atoms with E-state index in [2.05, 4.69) is 33.4 Å². The Balaban J connectivity index is 2.13. The fourth-order valence-electron chi connectivity index (χ4n) is 1.88. The van der Waals surface area contributed by atoms with Gasteiger partial charge in [0.05, 0.1) is 11.6 Å². The topological polar surface area (TPSA) is 21.3 Å². The number of hydrogen-bond acceptors (Lipinski definition) is 2. The van der Waals surface area contributed by atoms with E-state index in [1.807, 2.05) is 13.1 Å². The smallest absolute Gasteiger partial charge is 0.133 e. The van der Waals surface area contributed by atoms with Crippen LogP contribution in [0.15, 0.2) is 22.7 Å². The quantitative estimate of drug-likeness (QED) is 0.908. The first-order chi connectivity index (χ1) is 7.19. The first-order valence-corrected chi connectivity index (χ1v) is 6.00. The summed E-state index contributed by atoms with van der Waals surface area (Å²) in [5, 5.41) is 3.40. The average molecular weight is 270 g/mol. The van der Waals surface area contributed by atoms with Crippen molar-refractivity contribution in [2.75, 3.05) is 14.2 Å². The van der Waals surface area contributed by atoms with Crippen LogP contribution in [0.4, 0.5) is 0 Å². The molecule has 0 atom stereocenters. The molecule has 1 fully saturated rings. The maximum atomic E-state index is 5.21. The highest BCUT2D eigenvalue weighted by Gasteiger charge is 2.40. The third-order valence-corrected chi connectivity index (χ3v) is 3.76. The van der Waals surface area contributed by atoms with Gasteiger partial charge in [-0.2, -0.15) is 0 Å². The third kappa shape index (κ3) is 2.34. The highest BCUT2D eigenvalue weighted by Crippen LogP contribution is 2.39. The summed E-state index contributed by atoms with van der Waals surface area (Å²) < 4.78 is 6.25. The van der Waals surface area contributed by atoms with Crippen molar-refractivity contribution in [3.63, 3.8) is 0 Å². The number of likely N-dealkylation sites (N-methyl/N-ethyl adjacent to an activating group) is 1. The summed E-state index contributed by atoms with van der Waals surface area (Å²) in [6.07, 6.45) is 3.67. The highest BCUT2D eigenvalue weighted by molar-refractivity contribution is 9.10. The molecule has 82 valence electrons. The van der Waals surface area contributed by atoms with E-state index in [9.17, 15) is 0 Å². The van der Waals surface area contributed by atoms with Gasteiger partial charge in [-0.15, -0.1) is 0 Å². The lowest BCUT2D eigenvalue weighted by Crippen LogP contribution is -2.29. The lowest BCUT2D eigenvalue weighted by Gasteiger charge is -2.14. The number of nitrogens with one attached hydrogen (secondary N) is 1. The summed E-state index contributed by atoms with van der Waals surface area (Å²) in [6.45, 7) is 0. The van der Waals surface area contributed by atoms with Gasteiger partial charge in [-0.25, -0.2) is 0 Å². The summed E-state index contributed by atoms with van der Waals surface area (Å²) in [5.41, 5.74) is 1.73. The van der Waals surface area contributed by atoms with Gasteiger partial charge in [0, 0.05) is 5.54 Å². The van der Waals surface area contributed by atoms with Crippen LogP contribution >= 0.6 is 15.9 Å². The SMILES string of the molecule is CNC1(Cc2ccc(OC)c(Br)c2)CC1. The van der Waals surface area contributed by atoms with Gasteiger partial charge < -0.3 is 10.1 Å². The molecule has 0 bridgehead atoms. The predicted octanol–water partition coefficient (Wildman–Crippen LogP) is 2.75. The lowest BCUT2D eigenvalue weighted by molar-refractivity contribution is 0.412. The van der Waals surface area contributed by atoms with Crippen molar-refractivity contribution in [1.29, 1.82) is 0 Å². The lowest BCUT2D eigenvalue weighted by atomic mass is 10.0. The van der Waals surface area contributed by atoms with Crippen LogP contribution < -0.4 is 10.1 Å². The summed E-state index contributed by atoms with van der Waals surface area (Å²) in [6, 6.07) is 6.31. The minimum absolute atomic E-state index is 0.369. The zero-order chi connectivity index (χ0) is 10.9. The molecule has 0 aromatic heterocycles. The molecule has 0 amide bonds. The Kier molecular flexibility index (Phi) is 3.03. The van der Waals surface area contributed by atoms with Crippen LogP contribution in [0.25, 0.3) is 0 Å². The van der Waals surface area contributed by atoms with Gasteiger partial charge in [0.25, 0.3) is 0 Å². The molecular formula is C12H16BrNO. The summed E-state index contributed by atoms with van der Waals surface area (Å²) in [7, 11) is 3.74. The summed E-state index contributed by atoms with van der Waals surface area (Å²) >= 11 is 3.51. The van der Waals surface area contributed by atoms with Gasteiger partial charge in [0.2, 0.25) is 0 Å². The second-order valence-corrected chi connectivity index (χ2v) is 5.03. The fraction of sp³-hybridized carbons (Fsp3) is 0.500. The van der Waals surface area contributed by atoms with Crippen LogP contribution in [-0.2, 0) is 6.42 Å². The third-order valence-electron chi connectivity index (χ3n) is 3.14. The number of methoxy groups -OCH3 is 1. The molecule has 0 aliphatic heterocycles. The Bertz CT molecular complexity index is 361. The van der Waals surface area contributed by atoms with Crippen molar-refractivity contribution in [2.45, 2.75) is 24.8 Å². The second kappa shape index (κ2) is 4.14. The molecule has 15 heavy (non-hydrogen) atoms.